The standard InChI is InChI=1S/C48H80O40/c49-7-1-15(23(57)32(66)42(74)81-17(3-9-51)25(59)34(68)44(76)83-19(5-11-53)27(61)36(70)46(78)87-39-22(14-56)86-48-40(88-48)38(39)72)79-41(73)31(65)24(58)16(2-8-50)80-43(75)33(67)26(60)18(4-10-52)82-45(77)35(69)28(62)20(6-12-54)84-47-37(71)30(64)29(63)21(13-55)85-47/h15-22,29-30,37-78H,1-14H2/b31-24+,32-23+,33-26-,34-25+,35-28+,36-27-. The second-order valence-electron chi connectivity index (χ2n) is 19.2. The summed E-state index contributed by atoms with van der Waals surface area (Å²) in [5.41, 5.74) is 0. The fourth-order valence-electron chi connectivity index (χ4n) is 8.15. The van der Waals surface area contributed by atoms with Crippen LogP contribution in [-0.2, 0) is 47.4 Å². The summed E-state index contributed by atoms with van der Waals surface area (Å²) in [6.45, 7) is -7.43. The third-order valence-corrected chi connectivity index (χ3v) is 13.1. The Morgan fingerprint density at radius 1 is 0.295 bits per heavy atom. The van der Waals surface area contributed by atoms with E-state index in [2.05, 4.69) is 0 Å². The summed E-state index contributed by atoms with van der Waals surface area (Å²) in [5.74, 6) is -18.8. The first-order valence-corrected chi connectivity index (χ1v) is 26.4. The number of epoxide rings is 1. The Balaban J connectivity index is 1.80. The lowest BCUT2D eigenvalue weighted by atomic mass is 9.99. The van der Waals surface area contributed by atoms with Crippen molar-refractivity contribution in [1.82, 2.24) is 0 Å². The van der Waals surface area contributed by atoms with Gasteiger partial charge in [0.05, 0.1) is 13.2 Å². The van der Waals surface area contributed by atoms with E-state index in [0.717, 1.165) is 0 Å². The van der Waals surface area contributed by atoms with Gasteiger partial charge in [0.15, 0.2) is 81.7 Å². The van der Waals surface area contributed by atoms with E-state index in [4.69, 9.17) is 47.4 Å². The maximum Gasteiger partial charge on any atom is 0.218 e. The van der Waals surface area contributed by atoms with Gasteiger partial charge in [0.2, 0.25) is 37.7 Å². The highest BCUT2D eigenvalue weighted by Crippen LogP contribution is 2.38. The molecule has 0 aromatic carbocycles. The molecule has 0 radical (unpaired) electrons. The van der Waals surface area contributed by atoms with E-state index in [0.29, 0.717) is 0 Å². The van der Waals surface area contributed by atoms with Crippen LogP contribution in [0.2, 0.25) is 0 Å². The molecule has 0 aromatic rings. The third kappa shape index (κ3) is 20.5. The Bertz CT molecular complexity index is 2310. The third-order valence-electron chi connectivity index (χ3n) is 13.1. The van der Waals surface area contributed by atoms with Crippen molar-refractivity contribution in [3.63, 3.8) is 0 Å². The molecule has 512 valence electrons. The molecule has 0 spiro atoms. The number of hydrogen-bond donors (Lipinski definition) is 30. The molecule has 0 amide bonds. The van der Waals surface area contributed by atoms with Crippen LogP contribution < -0.4 is 0 Å². The van der Waals surface area contributed by atoms with Gasteiger partial charge in [0, 0.05) is 78.2 Å². The Morgan fingerprint density at radius 2 is 0.580 bits per heavy atom. The van der Waals surface area contributed by atoms with Crippen LogP contribution in [0, 0.1) is 0 Å². The lowest BCUT2D eigenvalue weighted by Gasteiger charge is -2.40. The van der Waals surface area contributed by atoms with E-state index in [1.165, 1.54) is 0 Å². The van der Waals surface area contributed by atoms with Crippen molar-refractivity contribution in [1.29, 1.82) is 0 Å². The summed E-state index contributed by atoms with van der Waals surface area (Å²) >= 11 is 0. The van der Waals surface area contributed by atoms with Crippen LogP contribution in [0.3, 0.4) is 0 Å². The van der Waals surface area contributed by atoms with Crippen LogP contribution in [0.15, 0.2) is 69.1 Å². The predicted molar refractivity (Wildman–Crippen MR) is 274 cm³/mol. The van der Waals surface area contributed by atoms with Crippen LogP contribution in [0.5, 0.6) is 0 Å². The second-order valence-corrected chi connectivity index (χ2v) is 19.2. The second kappa shape index (κ2) is 36.7. The predicted octanol–water partition coefficient (Wildman–Crippen LogP) is -7.87. The maximum atomic E-state index is 10.9. The molecule has 0 aliphatic carbocycles. The highest BCUT2D eigenvalue weighted by molar-refractivity contribution is 5.15. The Morgan fingerprint density at radius 3 is 0.875 bits per heavy atom. The van der Waals surface area contributed by atoms with Crippen LogP contribution in [0.1, 0.15) is 38.5 Å². The molecule has 40 heteroatoms. The Kier molecular flexibility index (Phi) is 32.2. The van der Waals surface area contributed by atoms with E-state index >= 15 is 0 Å². The summed E-state index contributed by atoms with van der Waals surface area (Å²) in [6.07, 6.45) is -50.2. The lowest BCUT2D eigenvalue weighted by molar-refractivity contribution is -0.311. The van der Waals surface area contributed by atoms with Gasteiger partial charge in [-0.25, -0.2) is 0 Å². The molecule has 3 aliphatic heterocycles. The van der Waals surface area contributed by atoms with Crippen molar-refractivity contribution in [2.75, 3.05) is 52.9 Å². The zero-order chi connectivity index (χ0) is 66.6. The van der Waals surface area contributed by atoms with Crippen LogP contribution in [0.25, 0.3) is 0 Å². The summed E-state index contributed by atoms with van der Waals surface area (Å²) in [7, 11) is 0. The normalized spacial score (nSPS) is 29.1. The van der Waals surface area contributed by atoms with E-state index in [-0.39, 0.29) is 0 Å². The molecule has 40 nitrogen and oxygen atoms in total. The molecular weight excluding hydrogens is 1220 g/mol. The number of aliphatic hydroxyl groups is 30. The average molecular weight is 1300 g/mol. The Hall–Kier alpha value is -5.08. The minimum atomic E-state index is -2.91. The summed E-state index contributed by atoms with van der Waals surface area (Å²) < 4.78 is 51.1. The van der Waals surface area contributed by atoms with E-state index in [1.807, 2.05) is 0 Å². The fraction of sp³-hybridized carbons (Fsp3) is 0.750. The number of fused-ring (bicyclic) bond motifs is 1. The van der Waals surface area contributed by atoms with Crippen molar-refractivity contribution in [3.05, 3.63) is 69.1 Å². The van der Waals surface area contributed by atoms with Crippen molar-refractivity contribution in [3.8, 4) is 0 Å². The first-order chi connectivity index (χ1) is 41.5. The van der Waals surface area contributed by atoms with Gasteiger partial charge in [-0.05, 0) is 0 Å². The minimum Gasteiger partial charge on any atom is -0.506 e. The molecule has 0 aromatic heterocycles. The van der Waals surface area contributed by atoms with Crippen LogP contribution in [0.4, 0.5) is 0 Å². The number of ether oxygens (including phenoxy) is 10. The molecule has 88 heavy (non-hydrogen) atoms. The fourth-order valence-corrected chi connectivity index (χ4v) is 8.15. The molecule has 30 N–H and O–H groups in total. The van der Waals surface area contributed by atoms with E-state index in [9.17, 15) is 153 Å². The number of hydrogen-bond acceptors (Lipinski definition) is 40. The maximum absolute atomic E-state index is 10.9. The molecule has 3 rings (SSSR count). The summed E-state index contributed by atoms with van der Waals surface area (Å²) in [5, 5.41) is 311. The summed E-state index contributed by atoms with van der Waals surface area (Å²) in [4.78, 5) is 0. The zero-order valence-electron chi connectivity index (χ0n) is 46.1. The molecular formula is C48H80O40. The minimum absolute atomic E-state index is 0.653. The van der Waals surface area contributed by atoms with Gasteiger partial charge >= 0.3 is 0 Å². The molecule has 0 bridgehead atoms. The molecule has 22 unspecified atom stereocenters. The monoisotopic (exact) mass is 1300 g/mol. The first-order valence-electron chi connectivity index (χ1n) is 26.4. The van der Waals surface area contributed by atoms with E-state index < -0.39 is 296 Å². The molecule has 3 heterocycles. The largest absolute Gasteiger partial charge is 0.506 e. The van der Waals surface area contributed by atoms with Gasteiger partial charge in [-0.1, -0.05) is 0 Å². The highest BCUT2D eigenvalue weighted by atomic mass is 16.8. The van der Waals surface area contributed by atoms with Gasteiger partial charge in [-0.15, -0.1) is 0 Å². The van der Waals surface area contributed by atoms with Crippen molar-refractivity contribution in [2.45, 2.75) is 174 Å². The van der Waals surface area contributed by atoms with Gasteiger partial charge in [0.25, 0.3) is 0 Å². The van der Waals surface area contributed by atoms with Crippen molar-refractivity contribution < 1.29 is 201 Å². The Labute approximate surface area is 496 Å². The number of aliphatic hydroxyl groups excluding tert-OH is 30. The van der Waals surface area contributed by atoms with Crippen molar-refractivity contribution in [2.24, 2.45) is 0 Å². The SMILES string of the molecule is OCCC(OC(O)/C(O)=C(\O)C(CCO)OC(O)/C(O)=C(\O)C(CCO)OC(O)/C(O)=C(\O)C(CCO)OC(O)/C(O)=C(/O)C(CCO)OC(O)/C(O)=C(\O)C(CCO)OC1OC(CO)C(O)C(O)C1O)/C(O)=C(/O)C(O)OC1C(CO)OC2OC2C1O. The average Bonchev–Trinajstić information content (AvgIpc) is 3.54. The lowest BCUT2D eigenvalue weighted by Crippen LogP contribution is -2.59. The van der Waals surface area contributed by atoms with Gasteiger partial charge in [0.1, 0.15) is 85.5 Å². The van der Waals surface area contributed by atoms with Crippen LogP contribution in [-0.4, -0.2) is 342 Å². The quantitative estimate of drug-likeness (QED) is 0.0154. The highest BCUT2D eigenvalue weighted by Gasteiger charge is 2.57. The smallest absolute Gasteiger partial charge is 0.218 e. The molecule has 0 saturated carbocycles. The van der Waals surface area contributed by atoms with Crippen molar-refractivity contribution >= 4 is 0 Å². The van der Waals surface area contributed by atoms with Gasteiger partial charge in [-0.2, -0.15) is 0 Å². The molecule has 22 atom stereocenters. The van der Waals surface area contributed by atoms with Gasteiger partial charge < -0.3 is 201 Å². The topological polar surface area (TPSA) is 703 Å². The number of rotatable bonds is 40. The molecule has 3 fully saturated rings. The van der Waals surface area contributed by atoms with E-state index in [1.54, 1.807) is 0 Å². The summed E-state index contributed by atoms with van der Waals surface area (Å²) in [6, 6.07) is 0. The van der Waals surface area contributed by atoms with Crippen LogP contribution >= 0.6 is 0 Å². The van der Waals surface area contributed by atoms with Gasteiger partial charge in [-0.3, -0.25) is 0 Å². The first kappa shape index (κ1) is 77.2. The molecule has 3 aliphatic rings. The zero-order valence-corrected chi connectivity index (χ0v) is 46.1. The molecule has 3 saturated heterocycles.